The van der Waals surface area contributed by atoms with E-state index in [1.165, 1.54) is 22.3 Å². The molecule has 19 heavy (non-hydrogen) atoms. The number of hydrogen-bond donors (Lipinski definition) is 1. The topological polar surface area (TPSA) is 19.0 Å². The van der Waals surface area contributed by atoms with Gasteiger partial charge >= 0.3 is 0 Å². The summed E-state index contributed by atoms with van der Waals surface area (Å²) in [5, 5.41) is 1.27. The first kappa shape index (κ1) is 11.8. The average Bonchev–Trinajstić information content (AvgIpc) is 2.90. The predicted molar refractivity (Wildman–Crippen MR) is 81.6 cm³/mol. The van der Waals surface area contributed by atoms with Crippen molar-refractivity contribution in [2.45, 2.75) is 13.0 Å². The Morgan fingerprint density at radius 3 is 2.37 bits per heavy atom. The molecule has 96 valence electrons. The summed E-state index contributed by atoms with van der Waals surface area (Å²) >= 11 is 0. The van der Waals surface area contributed by atoms with Gasteiger partial charge in [-0.2, -0.15) is 0 Å². The lowest BCUT2D eigenvalue weighted by molar-refractivity contribution is 0.722. The van der Waals surface area contributed by atoms with Crippen molar-refractivity contribution in [3.8, 4) is 0 Å². The molecular formula is C17H18N2. The first-order valence-electron chi connectivity index (χ1n) is 6.61. The van der Waals surface area contributed by atoms with Gasteiger partial charge in [-0.25, -0.2) is 0 Å². The molecule has 0 aliphatic rings. The van der Waals surface area contributed by atoms with Crippen LogP contribution in [0.15, 0.2) is 60.7 Å². The largest absolute Gasteiger partial charge is 0.366 e. The third kappa shape index (κ3) is 2.22. The number of nitrogens with zero attached hydrogens (tertiary/aromatic N) is 1. The van der Waals surface area contributed by atoms with Gasteiger partial charge in [-0.15, -0.1) is 0 Å². The van der Waals surface area contributed by atoms with Crippen LogP contribution in [0.5, 0.6) is 0 Å². The number of rotatable bonds is 3. The van der Waals surface area contributed by atoms with Gasteiger partial charge in [0.1, 0.15) is 0 Å². The lowest BCUT2D eigenvalue weighted by Gasteiger charge is -2.26. The molecule has 0 spiro atoms. The molecule has 0 amide bonds. The second-order valence-electron chi connectivity index (χ2n) is 4.93. The summed E-state index contributed by atoms with van der Waals surface area (Å²) in [6.45, 7) is 2.22. The molecule has 0 saturated carbocycles. The van der Waals surface area contributed by atoms with Crippen LogP contribution in [0.25, 0.3) is 10.9 Å². The molecule has 2 aromatic carbocycles. The Kier molecular flexibility index (Phi) is 3.00. The maximum atomic E-state index is 3.50. The monoisotopic (exact) mass is 250 g/mol. The normalized spacial score (nSPS) is 12.5. The molecule has 0 aliphatic carbocycles. The van der Waals surface area contributed by atoms with Crippen molar-refractivity contribution >= 4 is 16.6 Å². The lowest BCUT2D eigenvalue weighted by atomic mass is 10.1. The summed E-state index contributed by atoms with van der Waals surface area (Å²) in [5.74, 6) is 0. The van der Waals surface area contributed by atoms with Crippen molar-refractivity contribution < 1.29 is 0 Å². The molecule has 1 atom stereocenters. The Bertz CT molecular complexity index is 637. The van der Waals surface area contributed by atoms with E-state index in [4.69, 9.17) is 0 Å². The van der Waals surface area contributed by atoms with Crippen LogP contribution in [-0.2, 0) is 0 Å². The number of benzene rings is 2. The fraction of sp³-hybridized carbons (Fsp3) is 0.176. The minimum atomic E-state index is 0.315. The Morgan fingerprint density at radius 2 is 1.63 bits per heavy atom. The van der Waals surface area contributed by atoms with Gasteiger partial charge < -0.3 is 9.88 Å². The van der Waals surface area contributed by atoms with Crippen molar-refractivity contribution in [2.75, 3.05) is 11.9 Å². The number of nitrogens with one attached hydrogen (secondary N) is 1. The summed E-state index contributed by atoms with van der Waals surface area (Å²) in [5.41, 5.74) is 3.67. The maximum Gasteiger partial charge on any atom is 0.0660 e. The van der Waals surface area contributed by atoms with Crippen molar-refractivity contribution in [1.82, 2.24) is 4.98 Å². The molecule has 0 unspecified atom stereocenters. The second kappa shape index (κ2) is 4.81. The van der Waals surface area contributed by atoms with E-state index < -0.39 is 0 Å². The zero-order valence-corrected chi connectivity index (χ0v) is 11.3. The van der Waals surface area contributed by atoms with E-state index in [9.17, 15) is 0 Å². The highest BCUT2D eigenvalue weighted by Crippen LogP contribution is 2.26. The predicted octanol–water partition coefficient (Wildman–Crippen LogP) is 4.37. The van der Waals surface area contributed by atoms with Gasteiger partial charge in [-0.3, -0.25) is 0 Å². The molecule has 1 N–H and O–H groups in total. The first-order chi connectivity index (χ1) is 9.25. The molecule has 2 nitrogen and oxygen atoms in total. The van der Waals surface area contributed by atoms with Crippen LogP contribution in [0, 0.1) is 0 Å². The van der Waals surface area contributed by atoms with E-state index >= 15 is 0 Å². The van der Waals surface area contributed by atoms with Crippen LogP contribution in [-0.4, -0.2) is 12.0 Å². The van der Waals surface area contributed by atoms with Gasteiger partial charge in [-0.05, 0) is 36.6 Å². The van der Waals surface area contributed by atoms with Crippen molar-refractivity contribution in [3.63, 3.8) is 0 Å². The number of anilines is 1. The van der Waals surface area contributed by atoms with Crippen LogP contribution in [0.3, 0.4) is 0 Å². The molecule has 0 radical (unpaired) electrons. The number of aromatic amines is 1. The Balaban J connectivity index is 1.93. The van der Waals surface area contributed by atoms with E-state index in [0.29, 0.717) is 6.04 Å². The van der Waals surface area contributed by atoms with Gasteiger partial charge in [0.05, 0.1) is 6.04 Å². The third-order valence-corrected chi connectivity index (χ3v) is 3.75. The highest BCUT2D eigenvalue weighted by atomic mass is 15.1. The van der Waals surface area contributed by atoms with E-state index in [1.807, 2.05) is 6.07 Å². The SMILES string of the molecule is C[C@@H](c1cc2ccccc2[nH]1)N(C)c1ccccc1. The van der Waals surface area contributed by atoms with Gasteiger partial charge in [0.15, 0.2) is 0 Å². The van der Waals surface area contributed by atoms with Gasteiger partial charge in [0.25, 0.3) is 0 Å². The van der Waals surface area contributed by atoms with Gasteiger partial charge in [0.2, 0.25) is 0 Å². The summed E-state index contributed by atoms with van der Waals surface area (Å²) in [4.78, 5) is 5.79. The number of para-hydroxylation sites is 2. The van der Waals surface area contributed by atoms with E-state index in [0.717, 1.165) is 0 Å². The van der Waals surface area contributed by atoms with Crippen LogP contribution in [0.4, 0.5) is 5.69 Å². The van der Waals surface area contributed by atoms with Gasteiger partial charge in [-0.1, -0.05) is 36.4 Å². The van der Waals surface area contributed by atoms with Crippen LogP contribution in [0.1, 0.15) is 18.7 Å². The highest BCUT2D eigenvalue weighted by Gasteiger charge is 2.14. The molecule has 0 saturated heterocycles. The smallest absolute Gasteiger partial charge is 0.0660 e. The summed E-state index contributed by atoms with van der Waals surface area (Å²) in [6, 6.07) is 21.4. The molecule has 1 heterocycles. The summed E-state index contributed by atoms with van der Waals surface area (Å²) < 4.78 is 0. The molecular weight excluding hydrogens is 232 g/mol. The molecule has 1 aromatic heterocycles. The van der Waals surface area contributed by atoms with Crippen molar-refractivity contribution in [1.29, 1.82) is 0 Å². The number of aromatic nitrogens is 1. The van der Waals surface area contributed by atoms with Crippen LogP contribution in [0.2, 0.25) is 0 Å². The van der Waals surface area contributed by atoms with Crippen LogP contribution < -0.4 is 4.90 Å². The van der Waals surface area contributed by atoms with Gasteiger partial charge in [0, 0.05) is 23.9 Å². The number of H-pyrrole nitrogens is 1. The summed E-state index contributed by atoms with van der Waals surface area (Å²) in [6.07, 6.45) is 0. The third-order valence-electron chi connectivity index (χ3n) is 3.75. The second-order valence-corrected chi connectivity index (χ2v) is 4.93. The summed E-state index contributed by atoms with van der Waals surface area (Å²) in [7, 11) is 2.13. The highest BCUT2D eigenvalue weighted by molar-refractivity contribution is 5.80. The van der Waals surface area contributed by atoms with Crippen molar-refractivity contribution in [2.24, 2.45) is 0 Å². The molecule has 0 fully saturated rings. The Labute approximate surface area is 113 Å². The average molecular weight is 250 g/mol. The zero-order chi connectivity index (χ0) is 13.2. The standard InChI is InChI=1S/C17H18N2/c1-13(19(2)15-9-4-3-5-10-15)17-12-14-8-6-7-11-16(14)18-17/h3-13,18H,1-2H3/t13-/m0/s1. The fourth-order valence-corrected chi connectivity index (χ4v) is 2.42. The molecule has 3 rings (SSSR count). The minimum absolute atomic E-state index is 0.315. The zero-order valence-electron chi connectivity index (χ0n) is 11.3. The molecule has 0 bridgehead atoms. The quantitative estimate of drug-likeness (QED) is 0.731. The maximum absolute atomic E-state index is 3.50. The molecule has 2 heteroatoms. The first-order valence-corrected chi connectivity index (χ1v) is 6.61. The van der Waals surface area contributed by atoms with Crippen molar-refractivity contribution in [3.05, 3.63) is 66.4 Å². The fourth-order valence-electron chi connectivity index (χ4n) is 2.42. The number of hydrogen-bond acceptors (Lipinski definition) is 1. The van der Waals surface area contributed by atoms with E-state index in [1.54, 1.807) is 0 Å². The van der Waals surface area contributed by atoms with E-state index in [2.05, 4.69) is 78.5 Å². The molecule has 0 aliphatic heterocycles. The minimum Gasteiger partial charge on any atom is -0.366 e. The Hall–Kier alpha value is -2.22. The van der Waals surface area contributed by atoms with Crippen LogP contribution >= 0.6 is 0 Å². The van der Waals surface area contributed by atoms with E-state index in [-0.39, 0.29) is 0 Å². The lowest BCUT2D eigenvalue weighted by Crippen LogP contribution is -2.21. The Morgan fingerprint density at radius 1 is 0.947 bits per heavy atom. The molecule has 3 aromatic rings. The number of fused-ring (bicyclic) bond motifs is 1.